The third-order valence-electron chi connectivity index (χ3n) is 3.53. The topological polar surface area (TPSA) is 22.0 Å². The Morgan fingerprint density at radius 2 is 1.94 bits per heavy atom. The van der Waals surface area contributed by atoms with Crippen LogP contribution in [0.25, 0.3) is 6.08 Å². The van der Waals surface area contributed by atoms with E-state index in [1.807, 2.05) is 26.8 Å². The molecule has 1 aliphatic heterocycles. The van der Waals surface area contributed by atoms with Gasteiger partial charge in [0.15, 0.2) is 5.78 Å². The Hall–Kier alpha value is -1.31. The third-order valence-corrected chi connectivity index (χ3v) is 3.53. The molecule has 0 unspecified atom stereocenters. The van der Waals surface area contributed by atoms with Crippen molar-refractivity contribution in [3.63, 3.8) is 0 Å². The summed E-state index contributed by atoms with van der Waals surface area (Å²) < 4.78 is 2.19. The van der Waals surface area contributed by atoms with Crippen molar-refractivity contribution in [1.29, 1.82) is 0 Å². The first-order valence-electron chi connectivity index (χ1n) is 6.81. The number of carbonyl (C=O) groups is 1. The second-order valence-electron chi connectivity index (χ2n) is 6.32. The summed E-state index contributed by atoms with van der Waals surface area (Å²) in [7, 11) is 0. The second-order valence-corrected chi connectivity index (χ2v) is 6.32. The lowest BCUT2D eigenvalue weighted by Gasteiger charge is -2.20. The zero-order chi connectivity index (χ0) is 13.3. The van der Waals surface area contributed by atoms with Gasteiger partial charge in [-0.3, -0.25) is 4.79 Å². The van der Waals surface area contributed by atoms with Gasteiger partial charge in [0.1, 0.15) is 0 Å². The number of allylic oxidation sites excluding steroid dienone is 1. The molecule has 18 heavy (non-hydrogen) atoms. The fourth-order valence-corrected chi connectivity index (χ4v) is 2.44. The van der Waals surface area contributed by atoms with Crippen molar-refractivity contribution in [2.75, 3.05) is 0 Å². The number of rotatable bonds is 1. The molecule has 0 saturated heterocycles. The first kappa shape index (κ1) is 13.1. The number of fused-ring (bicyclic) bond motifs is 1. The molecule has 0 radical (unpaired) electrons. The van der Waals surface area contributed by atoms with Crippen LogP contribution in [0.5, 0.6) is 0 Å². The lowest BCUT2D eigenvalue weighted by molar-refractivity contribution is 0.0848. The lowest BCUT2D eigenvalue weighted by atomic mass is 9.89. The quantitative estimate of drug-likeness (QED) is 0.676. The van der Waals surface area contributed by atoms with Crippen LogP contribution in [0, 0.1) is 5.41 Å². The molecule has 2 heterocycles. The van der Waals surface area contributed by atoms with Gasteiger partial charge in [-0.15, -0.1) is 0 Å². The normalized spacial score (nSPS) is 19.4. The molecular formula is C16H23NO. The molecule has 0 saturated carbocycles. The third kappa shape index (κ3) is 2.58. The predicted octanol–water partition coefficient (Wildman–Crippen LogP) is 4.30. The zero-order valence-electron chi connectivity index (χ0n) is 11.9. The SMILES string of the molecule is C/C1=C/c2ccc(C(=O)C(C)(C)C)n2CCCC1. The van der Waals surface area contributed by atoms with Gasteiger partial charge in [-0.05, 0) is 44.4 Å². The van der Waals surface area contributed by atoms with Gasteiger partial charge < -0.3 is 4.57 Å². The highest BCUT2D eigenvalue weighted by Crippen LogP contribution is 2.26. The molecule has 1 aliphatic rings. The van der Waals surface area contributed by atoms with Gasteiger partial charge >= 0.3 is 0 Å². The molecule has 98 valence electrons. The summed E-state index contributed by atoms with van der Waals surface area (Å²) in [5.41, 5.74) is 3.14. The van der Waals surface area contributed by atoms with Crippen molar-refractivity contribution in [3.05, 3.63) is 29.1 Å². The average molecular weight is 245 g/mol. The van der Waals surface area contributed by atoms with Crippen LogP contribution in [-0.4, -0.2) is 10.4 Å². The van der Waals surface area contributed by atoms with E-state index in [4.69, 9.17) is 0 Å². The van der Waals surface area contributed by atoms with E-state index in [2.05, 4.69) is 23.6 Å². The van der Waals surface area contributed by atoms with E-state index < -0.39 is 0 Å². The van der Waals surface area contributed by atoms with Crippen LogP contribution in [0.15, 0.2) is 17.7 Å². The summed E-state index contributed by atoms with van der Waals surface area (Å²) in [6, 6.07) is 4.06. The summed E-state index contributed by atoms with van der Waals surface area (Å²) in [5.74, 6) is 0.236. The first-order valence-corrected chi connectivity index (χ1v) is 6.81. The number of carbonyl (C=O) groups excluding carboxylic acids is 1. The summed E-state index contributed by atoms with van der Waals surface area (Å²) in [6.07, 6.45) is 5.76. The number of hydrogen-bond acceptors (Lipinski definition) is 1. The summed E-state index contributed by atoms with van der Waals surface area (Å²) >= 11 is 0. The molecule has 0 aromatic carbocycles. The molecular weight excluding hydrogens is 222 g/mol. The standard InChI is InChI=1S/C16H23NO/c1-12-7-5-6-10-17-13(11-12)8-9-14(17)15(18)16(2,3)4/h8-9,11H,5-7,10H2,1-4H3/b12-11-. The van der Waals surface area contributed by atoms with Crippen molar-refractivity contribution in [1.82, 2.24) is 4.57 Å². The Labute approximate surface area is 110 Å². The van der Waals surface area contributed by atoms with E-state index in [0.717, 1.165) is 18.7 Å². The number of ketones is 1. The van der Waals surface area contributed by atoms with Crippen LogP contribution in [0.4, 0.5) is 0 Å². The van der Waals surface area contributed by atoms with Gasteiger partial charge in [-0.1, -0.05) is 26.3 Å². The van der Waals surface area contributed by atoms with E-state index in [0.29, 0.717) is 0 Å². The lowest BCUT2D eigenvalue weighted by Crippen LogP contribution is -2.24. The van der Waals surface area contributed by atoms with Gasteiger partial charge in [-0.25, -0.2) is 0 Å². The molecule has 0 spiro atoms. The van der Waals surface area contributed by atoms with Gasteiger partial charge in [0.05, 0.1) is 5.69 Å². The van der Waals surface area contributed by atoms with E-state index in [1.165, 1.54) is 24.1 Å². The Balaban J connectivity index is 2.44. The molecule has 0 amide bonds. The number of aromatic nitrogens is 1. The summed E-state index contributed by atoms with van der Waals surface area (Å²) in [6.45, 7) is 9.09. The Morgan fingerprint density at radius 1 is 1.22 bits per heavy atom. The maximum absolute atomic E-state index is 12.4. The Kier molecular flexibility index (Phi) is 3.47. The van der Waals surface area contributed by atoms with Crippen LogP contribution in [0.3, 0.4) is 0 Å². The van der Waals surface area contributed by atoms with Crippen molar-refractivity contribution < 1.29 is 4.79 Å². The molecule has 1 aromatic rings. The molecule has 0 N–H and O–H groups in total. The maximum atomic E-state index is 12.4. The van der Waals surface area contributed by atoms with Gasteiger partial charge in [-0.2, -0.15) is 0 Å². The first-order chi connectivity index (χ1) is 8.39. The van der Waals surface area contributed by atoms with Crippen molar-refractivity contribution in [2.45, 2.75) is 53.5 Å². The zero-order valence-corrected chi connectivity index (χ0v) is 11.9. The smallest absolute Gasteiger partial charge is 0.184 e. The fourth-order valence-electron chi connectivity index (χ4n) is 2.44. The van der Waals surface area contributed by atoms with Crippen molar-refractivity contribution in [2.24, 2.45) is 5.41 Å². The fraction of sp³-hybridized carbons (Fsp3) is 0.562. The highest BCUT2D eigenvalue weighted by atomic mass is 16.1. The van der Waals surface area contributed by atoms with Gasteiger partial charge in [0, 0.05) is 17.7 Å². The minimum Gasteiger partial charge on any atom is -0.339 e. The number of hydrogen-bond donors (Lipinski definition) is 0. The van der Waals surface area contributed by atoms with Crippen LogP contribution >= 0.6 is 0 Å². The van der Waals surface area contributed by atoms with Crippen molar-refractivity contribution >= 4 is 11.9 Å². The Bertz CT molecular complexity index is 486. The van der Waals surface area contributed by atoms with Gasteiger partial charge in [0.25, 0.3) is 0 Å². The number of nitrogens with zero attached hydrogens (tertiary/aromatic N) is 1. The molecule has 0 bridgehead atoms. The van der Waals surface area contributed by atoms with Crippen LogP contribution < -0.4 is 0 Å². The van der Waals surface area contributed by atoms with E-state index in [-0.39, 0.29) is 11.2 Å². The van der Waals surface area contributed by atoms with Crippen LogP contribution in [0.2, 0.25) is 0 Å². The molecule has 0 atom stereocenters. The highest BCUT2D eigenvalue weighted by molar-refractivity contribution is 5.99. The number of Topliss-reactive ketones (excluding diaryl/α,β-unsaturated/α-hetero) is 1. The molecule has 0 aliphatic carbocycles. The van der Waals surface area contributed by atoms with E-state index in [1.54, 1.807) is 0 Å². The largest absolute Gasteiger partial charge is 0.339 e. The van der Waals surface area contributed by atoms with Crippen LogP contribution in [0.1, 0.15) is 63.1 Å². The monoisotopic (exact) mass is 245 g/mol. The summed E-state index contributed by atoms with van der Waals surface area (Å²) in [5, 5.41) is 0. The highest BCUT2D eigenvalue weighted by Gasteiger charge is 2.26. The molecule has 2 heteroatoms. The summed E-state index contributed by atoms with van der Waals surface area (Å²) in [4.78, 5) is 12.4. The van der Waals surface area contributed by atoms with Crippen LogP contribution in [-0.2, 0) is 6.54 Å². The molecule has 2 rings (SSSR count). The Morgan fingerprint density at radius 3 is 2.61 bits per heavy atom. The van der Waals surface area contributed by atoms with Crippen molar-refractivity contribution in [3.8, 4) is 0 Å². The minimum absolute atomic E-state index is 0.236. The molecule has 1 aromatic heterocycles. The van der Waals surface area contributed by atoms with Gasteiger partial charge in [0.2, 0.25) is 0 Å². The minimum atomic E-state index is -0.309. The molecule has 0 fully saturated rings. The van der Waals surface area contributed by atoms with E-state index in [9.17, 15) is 4.79 Å². The predicted molar refractivity (Wildman–Crippen MR) is 75.7 cm³/mol. The van der Waals surface area contributed by atoms with E-state index >= 15 is 0 Å². The molecule has 2 nitrogen and oxygen atoms in total. The average Bonchev–Trinajstić information content (AvgIpc) is 2.61. The second kappa shape index (κ2) is 4.75. The maximum Gasteiger partial charge on any atom is 0.184 e.